The van der Waals surface area contributed by atoms with E-state index in [1.54, 1.807) is 17.4 Å². The zero-order chi connectivity index (χ0) is 16.9. The number of rotatable bonds is 5. The van der Waals surface area contributed by atoms with Gasteiger partial charge in [0.05, 0.1) is 0 Å². The van der Waals surface area contributed by atoms with Crippen molar-refractivity contribution < 1.29 is 14.3 Å². The van der Waals surface area contributed by atoms with Crippen LogP contribution in [0.1, 0.15) is 22.2 Å². The Hall–Kier alpha value is -2.78. The molecule has 0 bridgehead atoms. The minimum absolute atomic E-state index is 0.0975. The number of hydrogen-bond acceptors (Lipinski definition) is 5. The number of nitrogens with zero attached hydrogens (tertiary/aromatic N) is 1. The summed E-state index contributed by atoms with van der Waals surface area (Å²) in [6.45, 7) is 2.61. The second kappa shape index (κ2) is 7.20. The van der Waals surface area contributed by atoms with Gasteiger partial charge in [-0.3, -0.25) is 4.79 Å². The fourth-order valence-corrected chi connectivity index (χ4v) is 3.18. The van der Waals surface area contributed by atoms with Gasteiger partial charge < -0.3 is 14.8 Å². The quantitative estimate of drug-likeness (QED) is 0.670. The van der Waals surface area contributed by atoms with Crippen LogP contribution in [-0.2, 0) is 17.8 Å². The molecule has 0 unspecified atom stereocenters. The van der Waals surface area contributed by atoms with Crippen molar-refractivity contribution in [3.8, 4) is 17.6 Å². The van der Waals surface area contributed by atoms with Gasteiger partial charge in [-0.2, -0.15) is 5.26 Å². The Morgan fingerprint density at radius 1 is 1.33 bits per heavy atom. The summed E-state index contributed by atoms with van der Waals surface area (Å²) in [5.74, 6) is 0.984. The third kappa shape index (κ3) is 3.58. The van der Waals surface area contributed by atoms with Gasteiger partial charge in [0.1, 0.15) is 11.6 Å². The topological polar surface area (TPSA) is 71.4 Å². The molecular weight excluding hydrogens is 324 g/mol. The van der Waals surface area contributed by atoms with Crippen molar-refractivity contribution in [2.24, 2.45) is 0 Å². The van der Waals surface area contributed by atoms with Gasteiger partial charge in [-0.1, -0.05) is 13.0 Å². The highest BCUT2D eigenvalue weighted by molar-refractivity contribution is 7.12. The van der Waals surface area contributed by atoms with Crippen molar-refractivity contribution in [1.82, 2.24) is 5.32 Å². The maximum Gasteiger partial charge on any atom is 0.262 e. The number of ether oxygens (including phenoxy) is 2. The molecule has 3 rings (SSSR count). The van der Waals surface area contributed by atoms with Crippen molar-refractivity contribution in [3.05, 3.63) is 51.2 Å². The highest BCUT2D eigenvalue weighted by Crippen LogP contribution is 2.32. The van der Waals surface area contributed by atoms with Crippen LogP contribution in [0.3, 0.4) is 0 Å². The third-order valence-corrected chi connectivity index (χ3v) is 4.75. The van der Waals surface area contributed by atoms with Gasteiger partial charge in [0.15, 0.2) is 11.5 Å². The number of nitrogens with one attached hydrogen (secondary N) is 1. The van der Waals surface area contributed by atoms with Gasteiger partial charge in [0.2, 0.25) is 6.79 Å². The Balaban J connectivity index is 1.65. The molecule has 0 radical (unpaired) electrons. The van der Waals surface area contributed by atoms with Crippen LogP contribution >= 0.6 is 11.3 Å². The number of thiophene rings is 1. The van der Waals surface area contributed by atoms with Gasteiger partial charge in [0, 0.05) is 16.3 Å². The van der Waals surface area contributed by atoms with Crippen molar-refractivity contribution in [1.29, 1.82) is 5.26 Å². The van der Waals surface area contributed by atoms with Crippen molar-refractivity contribution in [2.75, 3.05) is 6.79 Å². The smallest absolute Gasteiger partial charge is 0.262 e. The summed E-state index contributed by atoms with van der Waals surface area (Å²) in [7, 11) is 0. The minimum Gasteiger partial charge on any atom is -0.454 e. The van der Waals surface area contributed by atoms with E-state index in [4.69, 9.17) is 9.47 Å². The molecular formula is C18H16N2O3S. The van der Waals surface area contributed by atoms with Gasteiger partial charge >= 0.3 is 0 Å². The highest BCUT2D eigenvalue weighted by atomic mass is 32.1. The van der Waals surface area contributed by atoms with Crippen molar-refractivity contribution in [3.63, 3.8) is 0 Å². The van der Waals surface area contributed by atoms with E-state index in [9.17, 15) is 10.1 Å². The van der Waals surface area contributed by atoms with Crippen LogP contribution in [0.2, 0.25) is 0 Å². The number of hydrogen-bond donors (Lipinski definition) is 1. The number of amides is 1. The minimum atomic E-state index is -0.387. The zero-order valence-electron chi connectivity index (χ0n) is 13.2. The number of aryl methyl sites for hydroxylation is 1. The normalized spacial score (nSPS) is 12.8. The summed E-state index contributed by atoms with van der Waals surface area (Å²) >= 11 is 1.58. The standard InChI is InChI=1S/C18H16N2O3S/c1-2-14-4-5-15(24-14)8-13(9-19)18(21)20-10-12-3-6-16-17(7-12)23-11-22-16/h3-8H,2,10-11H2,1H3,(H,20,21). The molecule has 0 aliphatic carbocycles. The van der Waals surface area contributed by atoms with Crippen LogP contribution in [0.4, 0.5) is 0 Å². The predicted octanol–water partition coefficient (Wildman–Crippen LogP) is 3.26. The second-order valence-corrected chi connectivity index (χ2v) is 6.40. The van der Waals surface area contributed by atoms with Crippen LogP contribution in [0.25, 0.3) is 6.08 Å². The molecule has 6 heteroatoms. The first-order valence-electron chi connectivity index (χ1n) is 7.57. The van der Waals surface area contributed by atoms with E-state index in [1.807, 2.05) is 36.4 Å². The molecule has 24 heavy (non-hydrogen) atoms. The van der Waals surface area contributed by atoms with Crippen LogP contribution in [-0.4, -0.2) is 12.7 Å². The van der Waals surface area contributed by atoms with Crippen LogP contribution in [0.15, 0.2) is 35.9 Å². The summed E-state index contributed by atoms with van der Waals surface area (Å²) in [6.07, 6.45) is 2.56. The molecule has 0 saturated heterocycles. The molecule has 122 valence electrons. The van der Waals surface area contributed by atoms with Crippen molar-refractivity contribution >= 4 is 23.3 Å². The van der Waals surface area contributed by atoms with Crippen LogP contribution in [0.5, 0.6) is 11.5 Å². The fraction of sp³-hybridized carbons (Fsp3) is 0.222. The first-order chi connectivity index (χ1) is 11.7. The predicted molar refractivity (Wildman–Crippen MR) is 91.7 cm³/mol. The van der Waals surface area contributed by atoms with Crippen LogP contribution < -0.4 is 14.8 Å². The van der Waals surface area contributed by atoms with Gasteiger partial charge in [-0.25, -0.2) is 0 Å². The van der Waals surface area contributed by atoms with E-state index in [0.29, 0.717) is 18.0 Å². The van der Waals surface area contributed by atoms with E-state index >= 15 is 0 Å². The van der Waals surface area contributed by atoms with Crippen LogP contribution in [0, 0.1) is 11.3 Å². The van der Waals surface area contributed by atoms with E-state index in [-0.39, 0.29) is 18.3 Å². The molecule has 1 aliphatic rings. The Bertz CT molecular complexity index is 833. The molecule has 2 aromatic rings. The maximum atomic E-state index is 12.2. The monoisotopic (exact) mass is 340 g/mol. The Morgan fingerprint density at radius 2 is 2.17 bits per heavy atom. The lowest BCUT2D eigenvalue weighted by atomic mass is 10.2. The number of benzene rings is 1. The van der Waals surface area contributed by atoms with Gasteiger partial charge in [-0.05, 0) is 42.3 Å². The SMILES string of the molecule is CCc1ccc(C=C(C#N)C(=O)NCc2ccc3c(c2)OCO3)s1. The molecule has 0 spiro atoms. The average molecular weight is 340 g/mol. The lowest BCUT2D eigenvalue weighted by molar-refractivity contribution is -0.117. The lowest BCUT2D eigenvalue weighted by Gasteiger charge is -2.05. The third-order valence-electron chi connectivity index (χ3n) is 3.57. The zero-order valence-corrected chi connectivity index (χ0v) is 14.0. The molecule has 1 aromatic heterocycles. The molecule has 2 heterocycles. The molecule has 0 fully saturated rings. The maximum absolute atomic E-state index is 12.2. The summed E-state index contributed by atoms with van der Waals surface area (Å²) in [6, 6.07) is 11.4. The molecule has 0 atom stereocenters. The molecule has 1 aromatic carbocycles. The molecule has 1 aliphatic heterocycles. The number of carbonyl (C=O) groups excluding carboxylic acids is 1. The molecule has 5 nitrogen and oxygen atoms in total. The highest BCUT2D eigenvalue weighted by Gasteiger charge is 2.14. The van der Waals surface area contributed by atoms with Gasteiger partial charge in [0.25, 0.3) is 5.91 Å². The van der Waals surface area contributed by atoms with E-state index in [2.05, 4.69) is 12.2 Å². The molecule has 0 saturated carbocycles. The lowest BCUT2D eigenvalue weighted by Crippen LogP contribution is -2.23. The summed E-state index contributed by atoms with van der Waals surface area (Å²) in [5.41, 5.74) is 0.981. The van der Waals surface area contributed by atoms with E-state index in [0.717, 1.165) is 16.9 Å². The van der Waals surface area contributed by atoms with E-state index < -0.39 is 0 Å². The van der Waals surface area contributed by atoms with Crippen molar-refractivity contribution in [2.45, 2.75) is 19.9 Å². The Kier molecular flexibility index (Phi) is 4.82. The molecule has 1 N–H and O–H groups in total. The molecule has 1 amide bonds. The largest absolute Gasteiger partial charge is 0.454 e. The van der Waals surface area contributed by atoms with E-state index in [1.165, 1.54) is 4.88 Å². The summed E-state index contributed by atoms with van der Waals surface area (Å²) < 4.78 is 10.6. The Labute approximate surface area is 144 Å². The first-order valence-corrected chi connectivity index (χ1v) is 8.38. The summed E-state index contributed by atoms with van der Waals surface area (Å²) in [4.78, 5) is 14.3. The Morgan fingerprint density at radius 3 is 2.92 bits per heavy atom. The van der Waals surface area contributed by atoms with Gasteiger partial charge in [-0.15, -0.1) is 11.3 Å². The number of nitriles is 1. The second-order valence-electron chi connectivity index (χ2n) is 5.20. The summed E-state index contributed by atoms with van der Waals surface area (Å²) in [5, 5.41) is 12.0. The first kappa shape index (κ1) is 16.1. The number of carbonyl (C=O) groups is 1. The fourth-order valence-electron chi connectivity index (χ4n) is 2.28. The average Bonchev–Trinajstić information content (AvgIpc) is 3.25. The number of fused-ring (bicyclic) bond motifs is 1.